The Bertz CT molecular complexity index is 1170. The summed E-state index contributed by atoms with van der Waals surface area (Å²) in [7, 11) is -0.652. The maximum absolute atomic E-state index is 12.5. The quantitative estimate of drug-likeness (QED) is 0.562. The molecule has 0 bridgehead atoms. The maximum Gasteiger partial charge on any atom is 0.242 e. The Morgan fingerprint density at radius 2 is 1.87 bits per heavy atom. The fourth-order valence-electron chi connectivity index (χ4n) is 2.80. The first kappa shape index (κ1) is 22.0. The normalized spacial score (nSPS) is 11.6. The first-order valence-corrected chi connectivity index (χ1v) is 11.5. The summed E-state index contributed by atoms with van der Waals surface area (Å²) in [6.07, 6.45) is 1.61. The van der Waals surface area contributed by atoms with Crippen LogP contribution in [0.1, 0.15) is 11.1 Å². The van der Waals surface area contributed by atoms with Crippen LogP contribution in [0, 0.1) is 13.8 Å². The summed E-state index contributed by atoms with van der Waals surface area (Å²) in [5.74, 6) is -0.162. The van der Waals surface area contributed by atoms with Crippen LogP contribution in [0.5, 0.6) is 0 Å². The van der Waals surface area contributed by atoms with Gasteiger partial charge in [0.2, 0.25) is 15.9 Å². The zero-order valence-corrected chi connectivity index (χ0v) is 18.8. The van der Waals surface area contributed by atoms with Crippen molar-refractivity contribution < 1.29 is 13.2 Å². The Morgan fingerprint density at radius 3 is 2.57 bits per heavy atom. The largest absolute Gasteiger partial charge is 0.325 e. The van der Waals surface area contributed by atoms with Crippen molar-refractivity contribution in [2.45, 2.75) is 23.9 Å². The minimum atomic E-state index is -3.60. The fourth-order valence-corrected chi connectivity index (χ4v) is 4.67. The topological polar surface area (TPSA) is 97.2 Å². The molecular weight excluding hydrogens is 422 g/mol. The number of sulfonamides is 1. The second-order valence-corrected chi connectivity index (χ2v) is 9.94. The molecule has 0 fully saturated rings. The number of hydrogen-bond acceptors (Lipinski definition) is 6. The van der Waals surface area contributed by atoms with Gasteiger partial charge in [-0.2, -0.15) is 0 Å². The van der Waals surface area contributed by atoms with Crippen molar-refractivity contribution in [3.05, 3.63) is 59.9 Å². The molecule has 1 aromatic heterocycles. The van der Waals surface area contributed by atoms with Gasteiger partial charge in [-0.15, -0.1) is 10.2 Å². The van der Waals surface area contributed by atoms with Gasteiger partial charge in [0.25, 0.3) is 0 Å². The molecule has 0 aliphatic carbocycles. The zero-order valence-electron chi connectivity index (χ0n) is 17.2. The van der Waals surface area contributed by atoms with Crippen LogP contribution in [0.2, 0.25) is 0 Å². The van der Waals surface area contributed by atoms with E-state index in [2.05, 4.69) is 15.5 Å². The number of amides is 1. The van der Waals surface area contributed by atoms with Crippen molar-refractivity contribution in [3.63, 3.8) is 0 Å². The summed E-state index contributed by atoms with van der Waals surface area (Å²) in [5.41, 5.74) is 3.05. The van der Waals surface area contributed by atoms with E-state index in [1.165, 1.54) is 31.9 Å². The number of anilines is 1. The molecule has 10 heteroatoms. The van der Waals surface area contributed by atoms with E-state index in [1.54, 1.807) is 25.4 Å². The lowest BCUT2D eigenvalue weighted by molar-refractivity contribution is -0.113. The number of benzene rings is 2. The summed E-state index contributed by atoms with van der Waals surface area (Å²) >= 11 is 1.25. The van der Waals surface area contributed by atoms with Crippen molar-refractivity contribution in [3.8, 4) is 5.69 Å². The number of carbonyl (C=O) groups is 1. The van der Waals surface area contributed by atoms with Crippen molar-refractivity contribution in [1.82, 2.24) is 19.1 Å². The summed E-state index contributed by atoms with van der Waals surface area (Å²) in [6.45, 7) is 3.71. The van der Waals surface area contributed by atoms with Crippen LogP contribution in [-0.2, 0) is 14.8 Å². The third-order valence-electron chi connectivity index (χ3n) is 4.45. The third kappa shape index (κ3) is 4.72. The second kappa shape index (κ2) is 8.99. The number of carbonyl (C=O) groups excluding carboxylic acids is 1. The molecule has 0 unspecified atom stereocenters. The number of aryl methyl sites for hydroxylation is 2. The molecule has 1 amide bonds. The van der Waals surface area contributed by atoms with E-state index in [0.29, 0.717) is 16.4 Å². The van der Waals surface area contributed by atoms with Gasteiger partial charge in [0.05, 0.1) is 16.3 Å². The number of hydrogen-bond donors (Lipinski definition) is 1. The molecule has 1 heterocycles. The van der Waals surface area contributed by atoms with Crippen molar-refractivity contribution in [2.24, 2.45) is 0 Å². The number of nitrogens with zero attached hydrogens (tertiary/aromatic N) is 4. The number of rotatable bonds is 7. The predicted molar refractivity (Wildman–Crippen MR) is 118 cm³/mol. The van der Waals surface area contributed by atoms with E-state index in [0.717, 1.165) is 15.6 Å². The Labute approximate surface area is 180 Å². The first-order chi connectivity index (χ1) is 14.2. The van der Waals surface area contributed by atoms with Crippen molar-refractivity contribution in [1.29, 1.82) is 0 Å². The molecule has 30 heavy (non-hydrogen) atoms. The molecule has 158 valence electrons. The third-order valence-corrected chi connectivity index (χ3v) is 7.35. The van der Waals surface area contributed by atoms with E-state index in [-0.39, 0.29) is 16.6 Å². The van der Waals surface area contributed by atoms with Crippen LogP contribution in [-0.4, -0.2) is 53.2 Å². The van der Waals surface area contributed by atoms with Crippen LogP contribution in [0.3, 0.4) is 0 Å². The van der Waals surface area contributed by atoms with Crippen LogP contribution < -0.4 is 5.32 Å². The molecule has 0 atom stereocenters. The maximum atomic E-state index is 12.5. The highest BCUT2D eigenvalue weighted by atomic mass is 32.2. The molecule has 2 aromatic carbocycles. The Morgan fingerprint density at radius 1 is 1.13 bits per heavy atom. The summed E-state index contributed by atoms with van der Waals surface area (Å²) in [6, 6.07) is 12.7. The summed E-state index contributed by atoms with van der Waals surface area (Å²) in [5, 5.41) is 11.4. The zero-order chi connectivity index (χ0) is 21.9. The standard InChI is InChI=1S/C20H23N5O3S2/c1-14-7-5-6-8-17(14)25-13-21-23-20(25)29-12-19(26)22-16-10-9-15(2)18(11-16)30(27,28)24(3)4/h5-11,13H,12H2,1-4H3,(H,22,26). The highest BCUT2D eigenvalue weighted by Crippen LogP contribution is 2.24. The lowest BCUT2D eigenvalue weighted by Gasteiger charge is -2.15. The molecule has 3 rings (SSSR count). The molecule has 0 aliphatic rings. The number of aromatic nitrogens is 3. The average molecular weight is 446 g/mol. The SMILES string of the molecule is Cc1ccccc1-n1cnnc1SCC(=O)Nc1ccc(C)c(S(=O)(=O)N(C)C)c1. The predicted octanol–water partition coefficient (Wildman–Crippen LogP) is 2.87. The molecule has 0 spiro atoms. The van der Waals surface area contributed by atoms with E-state index < -0.39 is 10.0 Å². The van der Waals surface area contributed by atoms with Crippen molar-refractivity contribution in [2.75, 3.05) is 25.2 Å². The molecule has 3 aromatic rings. The lowest BCUT2D eigenvalue weighted by atomic mass is 10.2. The first-order valence-electron chi connectivity index (χ1n) is 9.12. The molecule has 0 saturated heterocycles. The lowest BCUT2D eigenvalue weighted by Crippen LogP contribution is -2.23. The number of thioether (sulfide) groups is 1. The van der Waals surface area contributed by atoms with E-state index in [1.807, 2.05) is 35.8 Å². The summed E-state index contributed by atoms with van der Waals surface area (Å²) < 4.78 is 27.9. The average Bonchev–Trinajstić information content (AvgIpc) is 3.16. The smallest absolute Gasteiger partial charge is 0.242 e. The monoisotopic (exact) mass is 445 g/mol. The van der Waals surface area contributed by atoms with E-state index in [4.69, 9.17) is 0 Å². The van der Waals surface area contributed by atoms with Gasteiger partial charge in [-0.3, -0.25) is 9.36 Å². The molecule has 0 aliphatic heterocycles. The van der Waals surface area contributed by atoms with Gasteiger partial charge < -0.3 is 5.32 Å². The molecule has 0 radical (unpaired) electrons. The van der Waals surface area contributed by atoms with Crippen LogP contribution in [0.25, 0.3) is 5.69 Å². The van der Waals surface area contributed by atoms with Gasteiger partial charge in [-0.25, -0.2) is 12.7 Å². The minimum absolute atomic E-state index is 0.105. The Hall–Kier alpha value is -2.69. The van der Waals surface area contributed by atoms with E-state index in [9.17, 15) is 13.2 Å². The molecule has 1 N–H and O–H groups in total. The van der Waals surface area contributed by atoms with Crippen LogP contribution >= 0.6 is 11.8 Å². The minimum Gasteiger partial charge on any atom is -0.325 e. The number of para-hydroxylation sites is 1. The molecular formula is C20H23N5O3S2. The van der Waals surface area contributed by atoms with Gasteiger partial charge in [-0.1, -0.05) is 36.0 Å². The van der Waals surface area contributed by atoms with Gasteiger partial charge in [-0.05, 0) is 43.2 Å². The van der Waals surface area contributed by atoms with Gasteiger partial charge in [0, 0.05) is 19.8 Å². The number of nitrogens with one attached hydrogen (secondary N) is 1. The highest BCUT2D eigenvalue weighted by Gasteiger charge is 2.20. The van der Waals surface area contributed by atoms with Crippen LogP contribution in [0.4, 0.5) is 5.69 Å². The van der Waals surface area contributed by atoms with Crippen LogP contribution in [0.15, 0.2) is 58.8 Å². The summed E-state index contributed by atoms with van der Waals surface area (Å²) in [4.78, 5) is 12.6. The van der Waals surface area contributed by atoms with Gasteiger partial charge in [0.1, 0.15) is 6.33 Å². The van der Waals surface area contributed by atoms with E-state index >= 15 is 0 Å². The molecule has 0 saturated carbocycles. The Kier molecular flexibility index (Phi) is 6.59. The van der Waals surface area contributed by atoms with Gasteiger partial charge >= 0.3 is 0 Å². The second-order valence-electron chi connectivity index (χ2n) is 6.87. The van der Waals surface area contributed by atoms with Gasteiger partial charge in [0.15, 0.2) is 5.16 Å². The van der Waals surface area contributed by atoms with Crippen molar-refractivity contribution >= 4 is 33.4 Å². The fraction of sp³-hybridized carbons (Fsp3) is 0.250. The molecule has 8 nitrogen and oxygen atoms in total. The Balaban J connectivity index is 1.71. The highest BCUT2D eigenvalue weighted by molar-refractivity contribution is 7.99.